The van der Waals surface area contributed by atoms with Gasteiger partial charge in [-0.15, -0.1) is 0 Å². The lowest BCUT2D eigenvalue weighted by Crippen LogP contribution is -2.35. The molecule has 136 valence electrons. The number of hydrogen-bond acceptors (Lipinski definition) is 5. The third kappa shape index (κ3) is 4.17. The van der Waals surface area contributed by atoms with Crippen molar-refractivity contribution in [3.8, 4) is 17.6 Å². The van der Waals surface area contributed by atoms with Gasteiger partial charge in [0.25, 0.3) is 5.91 Å². The Bertz CT molecular complexity index is 806. The van der Waals surface area contributed by atoms with E-state index >= 15 is 0 Å². The van der Waals surface area contributed by atoms with Gasteiger partial charge in [-0.25, -0.2) is 0 Å². The van der Waals surface area contributed by atoms with Crippen molar-refractivity contribution in [3.05, 3.63) is 47.9 Å². The van der Waals surface area contributed by atoms with Crippen LogP contribution in [0.15, 0.2) is 41.0 Å². The van der Waals surface area contributed by atoms with Crippen LogP contribution in [0, 0.1) is 11.3 Å². The van der Waals surface area contributed by atoms with Crippen LogP contribution in [-0.4, -0.2) is 29.6 Å². The van der Waals surface area contributed by atoms with Gasteiger partial charge < -0.3 is 18.8 Å². The average Bonchev–Trinajstić information content (AvgIpc) is 3.22. The molecule has 0 unspecified atom stereocenters. The molecule has 6 nitrogen and oxygen atoms in total. The summed E-state index contributed by atoms with van der Waals surface area (Å²) >= 11 is 0. The van der Waals surface area contributed by atoms with Crippen LogP contribution in [-0.2, 0) is 17.8 Å². The highest BCUT2D eigenvalue weighted by molar-refractivity contribution is 5.78. The summed E-state index contributed by atoms with van der Waals surface area (Å²) in [5.74, 6) is 1.74. The van der Waals surface area contributed by atoms with Gasteiger partial charge in [0.2, 0.25) is 0 Å². The Morgan fingerprint density at radius 3 is 2.92 bits per heavy atom. The Balaban J connectivity index is 1.65. The maximum Gasteiger partial charge on any atom is 0.260 e. The second-order valence-electron chi connectivity index (χ2n) is 6.87. The molecule has 1 aliphatic heterocycles. The SMILES string of the molecule is CC1(C)Cc2cccc(OCC(=O)N(CCC#N)Cc3ccco3)c2O1. The number of para-hydroxylation sites is 1. The predicted octanol–water partition coefficient (Wildman–Crippen LogP) is 3.31. The van der Waals surface area contributed by atoms with Crippen LogP contribution >= 0.6 is 0 Å². The van der Waals surface area contributed by atoms with E-state index in [1.54, 1.807) is 29.4 Å². The molecule has 3 rings (SSSR count). The summed E-state index contributed by atoms with van der Waals surface area (Å²) in [5, 5.41) is 8.83. The first-order valence-electron chi connectivity index (χ1n) is 8.59. The predicted molar refractivity (Wildman–Crippen MR) is 94.7 cm³/mol. The topological polar surface area (TPSA) is 75.7 Å². The molecule has 1 amide bonds. The Morgan fingerprint density at radius 2 is 2.19 bits per heavy atom. The Labute approximate surface area is 152 Å². The van der Waals surface area contributed by atoms with Crippen LogP contribution in [0.5, 0.6) is 11.5 Å². The van der Waals surface area contributed by atoms with E-state index in [0.717, 1.165) is 12.0 Å². The molecule has 1 aromatic carbocycles. The van der Waals surface area contributed by atoms with E-state index in [-0.39, 0.29) is 24.5 Å². The fourth-order valence-corrected chi connectivity index (χ4v) is 3.00. The van der Waals surface area contributed by atoms with E-state index in [1.807, 2.05) is 26.0 Å². The number of hydrogen-bond donors (Lipinski definition) is 0. The molecule has 0 atom stereocenters. The Hall–Kier alpha value is -2.94. The number of carbonyl (C=O) groups excluding carboxylic acids is 1. The molecule has 2 heterocycles. The fraction of sp³-hybridized carbons (Fsp3) is 0.400. The van der Waals surface area contributed by atoms with Crippen LogP contribution in [0.2, 0.25) is 0 Å². The minimum Gasteiger partial charge on any atom is -0.483 e. The van der Waals surface area contributed by atoms with E-state index in [4.69, 9.17) is 19.2 Å². The van der Waals surface area contributed by atoms with Crippen LogP contribution < -0.4 is 9.47 Å². The highest BCUT2D eigenvalue weighted by Gasteiger charge is 2.32. The maximum atomic E-state index is 12.6. The van der Waals surface area contributed by atoms with Crippen molar-refractivity contribution in [2.45, 2.75) is 38.8 Å². The number of nitrogens with zero attached hydrogens (tertiary/aromatic N) is 2. The Kier molecular flexibility index (Phi) is 5.17. The van der Waals surface area contributed by atoms with Crippen molar-refractivity contribution in [2.24, 2.45) is 0 Å². The monoisotopic (exact) mass is 354 g/mol. The smallest absolute Gasteiger partial charge is 0.260 e. The minimum atomic E-state index is -0.274. The molecule has 0 radical (unpaired) electrons. The third-order valence-electron chi connectivity index (χ3n) is 4.18. The molecule has 0 aliphatic carbocycles. The van der Waals surface area contributed by atoms with Crippen LogP contribution in [0.4, 0.5) is 0 Å². The van der Waals surface area contributed by atoms with E-state index in [0.29, 0.717) is 30.3 Å². The normalized spacial score (nSPS) is 14.2. The van der Waals surface area contributed by atoms with Crippen molar-refractivity contribution in [1.82, 2.24) is 4.90 Å². The number of furan rings is 1. The summed E-state index contributed by atoms with van der Waals surface area (Å²) in [7, 11) is 0. The van der Waals surface area contributed by atoms with E-state index in [2.05, 4.69) is 6.07 Å². The molecule has 0 N–H and O–H groups in total. The first-order valence-corrected chi connectivity index (χ1v) is 8.59. The molecular weight excluding hydrogens is 332 g/mol. The molecule has 0 saturated carbocycles. The highest BCUT2D eigenvalue weighted by atomic mass is 16.5. The van der Waals surface area contributed by atoms with E-state index in [9.17, 15) is 4.79 Å². The van der Waals surface area contributed by atoms with E-state index < -0.39 is 0 Å². The van der Waals surface area contributed by atoms with E-state index in [1.165, 1.54) is 0 Å². The average molecular weight is 354 g/mol. The molecule has 6 heteroatoms. The largest absolute Gasteiger partial charge is 0.483 e. The zero-order valence-electron chi connectivity index (χ0n) is 15.0. The van der Waals surface area contributed by atoms with Gasteiger partial charge in [-0.2, -0.15) is 5.26 Å². The lowest BCUT2D eigenvalue weighted by Gasteiger charge is -2.21. The van der Waals surface area contributed by atoms with Gasteiger partial charge in [-0.3, -0.25) is 4.79 Å². The zero-order chi connectivity index (χ0) is 18.6. The molecular formula is C20H22N2O4. The van der Waals surface area contributed by atoms with Gasteiger partial charge in [0.1, 0.15) is 11.4 Å². The molecule has 1 aromatic heterocycles. The first kappa shape index (κ1) is 17.9. The number of amides is 1. The first-order chi connectivity index (χ1) is 12.5. The molecule has 0 bridgehead atoms. The van der Waals surface area contributed by atoms with Gasteiger partial charge in [0, 0.05) is 18.5 Å². The van der Waals surface area contributed by atoms with Crippen molar-refractivity contribution in [3.63, 3.8) is 0 Å². The lowest BCUT2D eigenvalue weighted by atomic mass is 10.0. The molecule has 0 saturated heterocycles. The fourth-order valence-electron chi connectivity index (χ4n) is 3.00. The highest BCUT2D eigenvalue weighted by Crippen LogP contribution is 2.41. The number of carbonyl (C=O) groups is 1. The standard InChI is InChI=1S/C20H22N2O4/c1-20(2)12-15-6-3-8-17(19(15)26-20)25-14-18(23)22(10-5-9-21)13-16-7-4-11-24-16/h3-4,6-8,11H,5,10,12-14H2,1-2H3. The van der Waals surface area contributed by atoms with Crippen molar-refractivity contribution in [1.29, 1.82) is 5.26 Å². The van der Waals surface area contributed by atoms with Gasteiger partial charge in [0.05, 0.1) is 25.3 Å². The lowest BCUT2D eigenvalue weighted by molar-refractivity contribution is -0.134. The molecule has 1 aliphatic rings. The van der Waals surface area contributed by atoms with Crippen molar-refractivity contribution < 1.29 is 18.7 Å². The molecule has 2 aromatic rings. The summed E-state index contributed by atoms with van der Waals surface area (Å²) in [4.78, 5) is 14.2. The molecule has 0 spiro atoms. The number of fused-ring (bicyclic) bond motifs is 1. The molecule has 0 fully saturated rings. The quantitative estimate of drug-likeness (QED) is 0.762. The summed E-state index contributed by atoms with van der Waals surface area (Å²) in [5.41, 5.74) is 0.807. The second kappa shape index (κ2) is 7.52. The van der Waals surface area contributed by atoms with Gasteiger partial charge in [-0.05, 0) is 32.0 Å². The molecule has 26 heavy (non-hydrogen) atoms. The maximum absolute atomic E-state index is 12.6. The van der Waals surface area contributed by atoms with Crippen molar-refractivity contribution in [2.75, 3.05) is 13.2 Å². The minimum absolute atomic E-state index is 0.119. The summed E-state index contributed by atoms with van der Waals surface area (Å²) in [6, 6.07) is 11.3. The van der Waals surface area contributed by atoms with Crippen LogP contribution in [0.3, 0.4) is 0 Å². The second-order valence-corrected chi connectivity index (χ2v) is 6.87. The van der Waals surface area contributed by atoms with Crippen LogP contribution in [0.25, 0.3) is 0 Å². The zero-order valence-corrected chi connectivity index (χ0v) is 15.0. The van der Waals surface area contributed by atoms with Gasteiger partial charge >= 0.3 is 0 Å². The van der Waals surface area contributed by atoms with Crippen LogP contribution in [0.1, 0.15) is 31.6 Å². The summed E-state index contributed by atoms with van der Waals surface area (Å²) in [6.07, 6.45) is 2.62. The van der Waals surface area contributed by atoms with Gasteiger partial charge in [-0.1, -0.05) is 12.1 Å². The van der Waals surface area contributed by atoms with Gasteiger partial charge in [0.15, 0.2) is 18.1 Å². The number of ether oxygens (including phenoxy) is 2. The number of rotatable bonds is 7. The number of nitriles is 1. The Morgan fingerprint density at radius 1 is 1.35 bits per heavy atom. The van der Waals surface area contributed by atoms with Crippen molar-refractivity contribution >= 4 is 5.91 Å². The summed E-state index contributed by atoms with van der Waals surface area (Å²) in [6.45, 7) is 4.57. The number of benzene rings is 1. The third-order valence-corrected chi connectivity index (χ3v) is 4.18. The summed E-state index contributed by atoms with van der Waals surface area (Å²) < 4.78 is 17.0.